The Morgan fingerprint density at radius 2 is 1.80 bits per heavy atom. The van der Waals surface area contributed by atoms with Crippen molar-refractivity contribution in [3.8, 4) is 0 Å². The molecule has 3 nitrogen and oxygen atoms in total. The van der Waals surface area contributed by atoms with E-state index in [9.17, 15) is 5.11 Å². The van der Waals surface area contributed by atoms with Gasteiger partial charge in [0.15, 0.2) is 0 Å². The second-order valence-electron chi connectivity index (χ2n) is 6.87. The van der Waals surface area contributed by atoms with E-state index in [-0.39, 0.29) is 5.60 Å². The minimum Gasteiger partial charge on any atom is -0.390 e. The normalized spacial score (nSPS) is 41.7. The lowest BCUT2D eigenvalue weighted by atomic mass is 9.68. The van der Waals surface area contributed by atoms with Crippen molar-refractivity contribution in [2.45, 2.75) is 68.7 Å². The number of rotatable bonds is 2. The molecule has 3 rings (SSSR count). The van der Waals surface area contributed by atoms with Gasteiger partial charge in [-0.15, -0.1) is 0 Å². The molecule has 4 heteroatoms. The topological polar surface area (TPSA) is 38.7 Å². The molecule has 1 atom stereocenters. The van der Waals surface area contributed by atoms with E-state index in [2.05, 4.69) is 0 Å². The zero-order valence-electron chi connectivity index (χ0n) is 12.6. The molecule has 1 spiro atoms. The van der Waals surface area contributed by atoms with Crippen molar-refractivity contribution in [3.63, 3.8) is 0 Å². The van der Waals surface area contributed by atoms with Crippen LogP contribution in [0.15, 0.2) is 0 Å². The Hall–Kier alpha value is 0.230. The molecule has 1 unspecified atom stereocenters. The van der Waals surface area contributed by atoms with Crippen LogP contribution in [0.4, 0.5) is 0 Å². The summed E-state index contributed by atoms with van der Waals surface area (Å²) < 4.78 is 11.6. The SMILES string of the molecule is COC1CCC(O)(C2CCOC3(CCSCC3)C2)CC1. The van der Waals surface area contributed by atoms with E-state index in [1.165, 1.54) is 24.3 Å². The summed E-state index contributed by atoms with van der Waals surface area (Å²) in [5.41, 5.74) is -0.377. The number of hydrogen-bond acceptors (Lipinski definition) is 4. The molecule has 2 heterocycles. The van der Waals surface area contributed by atoms with E-state index in [4.69, 9.17) is 9.47 Å². The Kier molecular flexibility index (Phi) is 4.66. The Labute approximate surface area is 126 Å². The van der Waals surface area contributed by atoms with Crippen LogP contribution in [0.3, 0.4) is 0 Å². The average molecular weight is 300 g/mol. The van der Waals surface area contributed by atoms with Crippen molar-refractivity contribution in [1.82, 2.24) is 0 Å². The molecule has 3 aliphatic rings. The molecule has 0 amide bonds. The highest BCUT2D eigenvalue weighted by molar-refractivity contribution is 7.99. The highest BCUT2D eigenvalue weighted by atomic mass is 32.2. The van der Waals surface area contributed by atoms with Crippen molar-refractivity contribution < 1.29 is 14.6 Å². The molecule has 0 radical (unpaired) electrons. The minimum atomic E-state index is -0.462. The van der Waals surface area contributed by atoms with Crippen LogP contribution >= 0.6 is 11.8 Å². The van der Waals surface area contributed by atoms with Crippen LogP contribution in [0.1, 0.15) is 51.4 Å². The molecule has 0 aromatic heterocycles. The first kappa shape index (κ1) is 15.1. The van der Waals surface area contributed by atoms with Crippen LogP contribution in [0.25, 0.3) is 0 Å². The zero-order valence-corrected chi connectivity index (χ0v) is 13.4. The zero-order chi connectivity index (χ0) is 14.1. The van der Waals surface area contributed by atoms with Gasteiger partial charge in [0, 0.05) is 13.7 Å². The first-order valence-corrected chi connectivity index (χ1v) is 9.28. The van der Waals surface area contributed by atoms with E-state index in [0.29, 0.717) is 12.0 Å². The Morgan fingerprint density at radius 3 is 2.45 bits per heavy atom. The predicted octanol–water partition coefficient (Wildman–Crippen LogP) is 3.00. The van der Waals surface area contributed by atoms with Crippen LogP contribution in [0.5, 0.6) is 0 Å². The second kappa shape index (κ2) is 6.15. The lowest BCUT2D eigenvalue weighted by Crippen LogP contribution is -2.51. The smallest absolute Gasteiger partial charge is 0.0702 e. The molecule has 0 bridgehead atoms. The summed E-state index contributed by atoms with van der Waals surface area (Å²) in [5.74, 6) is 2.87. The summed E-state index contributed by atoms with van der Waals surface area (Å²) in [6.45, 7) is 0.839. The van der Waals surface area contributed by atoms with Crippen LogP contribution in [-0.2, 0) is 9.47 Å². The Bertz CT molecular complexity index is 314. The van der Waals surface area contributed by atoms with Crippen molar-refractivity contribution in [1.29, 1.82) is 0 Å². The van der Waals surface area contributed by atoms with Gasteiger partial charge in [0.25, 0.3) is 0 Å². The molecule has 2 saturated heterocycles. The molecular weight excluding hydrogens is 272 g/mol. The van der Waals surface area contributed by atoms with Gasteiger partial charge in [-0.3, -0.25) is 0 Å². The fourth-order valence-corrected chi connectivity index (χ4v) is 5.55. The van der Waals surface area contributed by atoms with Crippen LogP contribution < -0.4 is 0 Å². The van der Waals surface area contributed by atoms with E-state index >= 15 is 0 Å². The Morgan fingerprint density at radius 1 is 1.10 bits per heavy atom. The Balaban J connectivity index is 1.64. The predicted molar refractivity (Wildman–Crippen MR) is 82.2 cm³/mol. The standard InChI is InChI=1S/C16H28O3S/c1-18-14-2-5-16(17,6-3-14)13-4-9-19-15(12-13)7-10-20-11-8-15/h13-14,17H,2-12H2,1H3. The van der Waals surface area contributed by atoms with Crippen LogP contribution in [0.2, 0.25) is 0 Å². The third-order valence-corrected chi connectivity index (χ3v) is 6.77. The van der Waals surface area contributed by atoms with Crippen molar-refractivity contribution >= 4 is 11.8 Å². The lowest BCUT2D eigenvalue weighted by molar-refractivity contribution is -0.161. The van der Waals surface area contributed by atoms with E-state index in [1.54, 1.807) is 7.11 Å². The molecular formula is C16H28O3S. The maximum Gasteiger partial charge on any atom is 0.0702 e. The quantitative estimate of drug-likeness (QED) is 0.851. The third kappa shape index (κ3) is 3.03. The van der Waals surface area contributed by atoms with Gasteiger partial charge in [-0.2, -0.15) is 11.8 Å². The van der Waals surface area contributed by atoms with Gasteiger partial charge in [-0.05, 0) is 68.8 Å². The molecule has 2 aliphatic heterocycles. The van der Waals surface area contributed by atoms with E-state index in [0.717, 1.165) is 45.1 Å². The molecule has 116 valence electrons. The summed E-state index contributed by atoms with van der Waals surface area (Å²) in [5, 5.41) is 11.1. The molecule has 0 aromatic rings. The molecule has 20 heavy (non-hydrogen) atoms. The lowest BCUT2D eigenvalue weighted by Gasteiger charge is -2.49. The maximum atomic E-state index is 11.1. The van der Waals surface area contributed by atoms with Gasteiger partial charge in [0.05, 0.1) is 17.3 Å². The number of thioether (sulfide) groups is 1. The average Bonchev–Trinajstić information content (AvgIpc) is 2.49. The van der Waals surface area contributed by atoms with E-state index < -0.39 is 5.60 Å². The van der Waals surface area contributed by atoms with Gasteiger partial charge in [-0.1, -0.05) is 0 Å². The monoisotopic (exact) mass is 300 g/mol. The first-order chi connectivity index (χ1) is 9.66. The fraction of sp³-hybridized carbons (Fsp3) is 1.00. The summed E-state index contributed by atoms with van der Waals surface area (Å²) in [6, 6.07) is 0. The van der Waals surface area contributed by atoms with Gasteiger partial charge in [-0.25, -0.2) is 0 Å². The summed E-state index contributed by atoms with van der Waals surface area (Å²) in [7, 11) is 1.79. The number of aliphatic hydroxyl groups is 1. The highest BCUT2D eigenvalue weighted by Crippen LogP contribution is 2.47. The van der Waals surface area contributed by atoms with Gasteiger partial charge < -0.3 is 14.6 Å². The van der Waals surface area contributed by atoms with Crippen LogP contribution in [0, 0.1) is 5.92 Å². The minimum absolute atomic E-state index is 0.0853. The third-order valence-electron chi connectivity index (χ3n) is 5.79. The molecule has 3 fully saturated rings. The van der Waals surface area contributed by atoms with E-state index in [1.807, 2.05) is 11.8 Å². The van der Waals surface area contributed by atoms with Gasteiger partial charge in [0.1, 0.15) is 0 Å². The molecule has 1 aliphatic carbocycles. The largest absolute Gasteiger partial charge is 0.390 e. The van der Waals surface area contributed by atoms with Crippen molar-refractivity contribution in [3.05, 3.63) is 0 Å². The van der Waals surface area contributed by atoms with Crippen molar-refractivity contribution in [2.24, 2.45) is 5.92 Å². The number of hydrogen-bond donors (Lipinski definition) is 1. The molecule has 1 N–H and O–H groups in total. The molecule has 1 saturated carbocycles. The second-order valence-corrected chi connectivity index (χ2v) is 8.10. The summed E-state index contributed by atoms with van der Waals surface area (Å²) in [6.07, 6.45) is 8.62. The van der Waals surface area contributed by atoms with Crippen molar-refractivity contribution in [2.75, 3.05) is 25.2 Å². The fourth-order valence-electron chi connectivity index (χ4n) is 4.31. The number of ether oxygens (including phenoxy) is 2. The molecule has 0 aromatic carbocycles. The number of methoxy groups -OCH3 is 1. The van der Waals surface area contributed by atoms with Gasteiger partial charge >= 0.3 is 0 Å². The summed E-state index contributed by atoms with van der Waals surface area (Å²) >= 11 is 2.04. The summed E-state index contributed by atoms with van der Waals surface area (Å²) in [4.78, 5) is 0. The van der Waals surface area contributed by atoms with Crippen LogP contribution in [-0.4, -0.2) is 47.6 Å². The first-order valence-electron chi connectivity index (χ1n) is 8.13. The van der Waals surface area contributed by atoms with Gasteiger partial charge in [0.2, 0.25) is 0 Å². The highest BCUT2D eigenvalue weighted by Gasteiger charge is 2.47. The maximum absolute atomic E-state index is 11.1.